The van der Waals surface area contributed by atoms with E-state index in [1.165, 1.54) is 6.07 Å². The van der Waals surface area contributed by atoms with Crippen LogP contribution in [-0.2, 0) is 25.5 Å². The minimum atomic E-state index is -1.18. The molecule has 2 rings (SSSR count). The lowest BCUT2D eigenvalue weighted by Gasteiger charge is -2.28. The highest BCUT2D eigenvalue weighted by Gasteiger charge is 2.37. The number of ketones is 1. The number of rotatable bonds is 7. The van der Waals surface area contributed by atoms with Crippen LogP contribution in [0.5, 0.6) is 5.75 Å². The van der Waals surface area contributed by atoms with Gasteiger partial charge in [0.15, 0.2) is 0 Å². The molecule has 1 N–H and O–H groups in total. The number of fused-ring (bicyclic) bond motifs is 1. The van der Waals surface area contributed by atoms with E-state index in [9.17, 15) is 19.4 Å². The van der Waals surface area contributed by atoms with Crippen molar-refractivity contribution in [1.82, 2.24) is 0 Å². The molecule has 0 saturated carbocycles. The van der Waals surface area contributed by atoms with Crippen LogP contribution in [0.3, 0.4) is 0 Å². The molecule has 140 valence electrons. The monoisotopic (exact) mass is 362 g/mol. The van der Waals surface area contributed by atoms with Crippen LogP contribution in [0.1, 0.15) is 49.5 Å². The molecule has 7 nitrogen and oxygen atoms in total. The summed E-state index contributed by atoms with van der Waals surface area (Å²) in [4.78, 5) is 35.3. The predicted octanol–water partition coefficient (Wildman–Crippen LogP) is 2.15. The lowest BCUT2D eigenvalue weighted by atomic mass is 9.64. The van der Waals surface area contributed by atoms with E-state index in [-0.39, 0.29) is 35.3 Å². The normalized spacial score (nSPS) is 15.9. The summed E-state index contributed by atoms with van der Waals surface area (Å²) in [6.45, 7) is 4.63. The van der Waals surface area contributed by atoms with Crippen molar-refractivity contribution in [3.8, 4) is 5.75 Å². The van der Waals surface area contributed by atoms with Crippen molar-refractivity contribution < 1.29 is 33.5 Å². The number of esters is 2. The third-order valence-corrected chi connectivity index (χ3v) is 4.19. The zero-order valence-corrected chi connectivity index (χ0v) is 15.2. The summed E-state index contributed by atoms with van der Waals surface area (Å²) in [6.07, 6.45) is 1.04. The van der Waals surface area contributed by atoms with Gasteiger partial charge in [-0.1, -0.05) is 32.9 Å². The first kappa shape index (κ1) is 20.0. The van der Waals surface area contributed by atoms with Gasteiger partial charge in [0.1, 0.15) is 17.1 Å². The second kappa shape index (κ2) is 8.85. The van der Waals surface area contributed by atoms with Gasteiger partial charge in [-0.3, -0.25) is 9.59 Å². The molecule has 0 spiro atoms. The maximum atomic E-state index is 12.3. The highest BCUT2D eigenvalue weighted by atomic mass is 16.7. The molecule has 0 saturated heterocycles. The van der Waals surface area contributed by atoms with Gasteiger partial charge in [-0.15, -0.1) is 0 Å². The minimum Gasteiger partial charge on any atom is -0.535 e. The van der Waals surface area contributed by atoms with Gasteiger partial charge in [0, 0.05) is 18.7 Å². The molecule has 1 aromatic carbocycles. The summed E-state index contributed by atoms with van der Waals surface area (Å²) in [6, 6.07) is 4.96. The molecule has 1 aromatic rings. The lowest BCUT2D eigenvalue weighted by molar-refractivity contribution is -0.155. The summed E-state index contributed by atoms with van der Waals surface area (Å²) < 4.78 is 15.3. The maximum absolute atomic E-state index is 12.3. The Morgan fingerprint density at radius 3 is 2.69 bits per heavy atom. The highest BCUT2D eigenvalue weighted by Crippen LogP contribution is 2.36. The van der Waals surface area contributed by atoms with Gasteiger partial charge in [-0.25, -0.2) is 4.79 Å². The molecule has 0 bridgehead atoms. The van der Waals surface area contributed by atoms with Gasteiger partial charge >= 0.3 is 19.1 Å². The van der Waals surface area contributed by atoms with Gasteiger partial charge < -0.3 is 19.2 Å². The molecule has 0 aliphatic carbocycles. The van der Waals surface area contributed by atoms with Crippen LogP contribution in [0.25, 0.3) is 0 Å². The Bertz CT molecular complexity index is 686. The second-order valence-electron chi connectivity index (χ2n) is 6.53. The summed E-state index contributed by atoms with van der Waals surface area (Å²) in [7, 11) is -1.18. The Labute approximate surface area is 152 Å². The van der Waals surface area contributed by atoms with Crippen LogP contribution in [0, 0.1) is 5.92 Å². The standard InChI is InChI=1S/C18H23BO7/c1-4-14(20)9-13-8-12-6-5-7-15(16(12)26-19(13)23)18(22)25-10-24-17(21)11(2)3/h5-7,11,13,23H,4,8-10H2,1-3H3/t13-/m1/s1. The van der Waals surface area contributed by atoms with Crippen molar-refractivity contribution in [2.45, 2.75) is 45.9 Å². The fraction of sp³-hybridized carbons (Fsp3) is 0.500. The average Bonchev–Trinajstić information content (AvgIpc) is 2.61. The molecule has 1 heterocycles. The number of para-hydroxylation sites is 1. The smallest absolute Gasteiger partial charge is 0.526 e. The van der Waals surface area contributed by atoms with Crippen molar-refractivity contribution in [1.29, 1.82) is 0 Å². The molecule has 1 atom stereocenters. The molecule has 0 amide bonds. The number of hydrogen-bond acceptors (Lipinski definition) is 7. The van der Waals surface area contributed by atoms with Crippen molar-refractivity contribution in [3.63, 3.8) is 0 Å². The molecule has 8 heteroatoms. The molecular formula is C18H23BO7. The number of ether oxygens (including phenoxy) is 2. The van der Waals surface area contributed by atoms with Gasteiger partial charge in [0.25, 0.3) is 0 Å². The predicted molar refractivity (Wildman–Crippen MR) is 93.6 cm³/mol. The number of carbonyl (C=O) groups excluding carboxylic acids is 3. The Kier molecular flexibility index (Phi) is 6.80. The zero-order valence-electron chi connectivity index (χ0n) is 15.2. The molecule has 1 aliphatic rings. The van der Waals surface area contributed by atoms with Gasteiger partial charge in [-0.05, 0) is 18.1 Å². The first-order valence-corrected chi connectivity index (χ1v) is 8.65. The van der Waals surface area contributed by atoms with Gasteiger partial charge in [-0.2, -0.15) is 0 Å². The summed E-state index contributed by atoms with van der Waals surface area (Å²) >= 11 is 0. The Morgan fingerprint density at radius 1 is 1.31 bits per heavy atom. The van der Waals surface area contributed by atoms with Crippen LogP contribution in [0.4, 0.5) is 0 Å². The Hall–Kier alpha value is -2.35. The largest absolute Gasteiger partial charge is 0.535 e. The maximum Gasteiger partial charge on any atom is 0.526 e. The summed E-state index contributed by atoms with van der Waals surface area (Å²) in [5.74, 6) is -1.58. The van der Waals surface area contributed by atoms with Crippen LogP contribution >= 0.6 is 0 Å². The molecule has 0 fully saturated rings. The third-order valence-electron chi connectivity index (χ3n) is 4.19. The molecule has 0 unspecified atom stereocenters. The molecular weight excluding hydrogens is 339 g/mol. The fourth-order valence-corrected chi connectivity index (χ4v) is 2.64. The van der Waals surface area contributed by atoms with E-state index >= 15 is 0 Å². The van der Waals surface area contributed by atoms with Crippen molar-refractivity contribution in [3.05, 3.63) is 29.3 Å². The van der Waals surface area contributed by atoms with Crippen LogP contribution in [0.2, 0.25) is 5.82 Å². The van der Waals surface area contributed by atoms with E-state index in [1.807, 2.05) is 0 Å². The zero-order chi connectivity index (χ0) is 19.3. The fourth-order valence-electron chi connectivity index (χ4n) is 2.64. The van der Waals surface area contributed by atoms with Crippen LogP contribution in [-0.4, -0.2) is 36.7 Å². The SMILES string of the molecule is CCC(=O)C[C@H]1Cc2cccc(C(=O)OCOC(=O)C(C)C)c2OB1O. The number of carbonyl (C=O) groups is 3. The topological polar surface area (TPSA) is 99.1 Å². The van der Waals surface area contributed by atoms with Gasteiger partial charge in [0.2, 0.25) is 6.79 Å². The van der Waals surface area contributed by atoms with Crippen molar-refractivity contribution in [2.75, 3.05) is 6.79 Å². The molecule has 0 aromatic heterocycles. The first-order valence-electron chi connectivity index (χ1n) is 8.65. The summed E-state index contributed by atoms with van der Waals surface area (Å²) in [5.41, 5.74) is 0.861. The van der Waals surface area contributed by atoms with E-state index < -0.39 is 25.8 Å². The van der Waals surface area contributed by atoms with E-state index in [1.54, 1.807) is 32.9 Å². The first-order chi connectivity index (χ1) is 12.3. The van der Waals surface area contributed by atoms with E-state index in [0.29, 0.717) is 12.8 Å². The van der Waals surface area contributed by atoms with E-state index in [2.05, 4.69) is 0 Å². The third kappa shape index (κ3) is 4.85. The summed E-state index contributed by atoms with van der Waals surface area (Å²) in [5, 5.41) is 10.2. The lowest BCUT2D eigenvalue weighted by Crippen LogP contribution is -2.35. The number of Topliss-reactive ketones (excluding diaryl/α,β-unsaturated/α-hetero) is 1. The molecule has 0 radical (unpaired) electrons. The van der Waals surface area contributed by atoms with Crippen molar-refractivity contribution in [2.24, 2.45) is 5.92 Å². The Morgan fingerprint density at radius 2 is 2.04 bits per heavy atom. The number of hydrogen-bond donors (Lipinski definition) is 1. The minimum absolute atomic E-state index is 0.0450. The second-order valence-corrected chi connectivity index (χ2v) is 6.53. The van der Waals surface area contributed by atoms with E-state index in [4.69, 9.17) is 14.1 Å². The quantitative estimate of drug-likeness (QED) is 0.451. The van der Waals surface area contributed by atoms with Gasteiger partial charge in [0.05, 0.1) is 5.92 Å². The Balaban J connectivity index is 2.07. The average molecular weight is 362 g/mol. The van der Waals surface area contributed by atoms with Crippen LogP contribution in [0.15, 0.2) is 18.2 Å². The highest BCUT2D eigenvalue weighted by molar-refractivity contribution is 6.47. The van der Waals surface area contributed by atoms with Crippen molar-refractivity contribution >= 4 is 24.8 Å². The molecule has 1 aliphatic heterocycles. The molecule has 26 heavy (non-hydrogen) atoms. The number of benzene rings is 1. The van der Waals surface area contributed by atoms with Crippen LogP contribution < -0.4 is 4.65 Å². The van der Waals surface area contributed by atoms with E-state index in [0.717, 1.165) is 5.56 Å².